The summed E-state index contributed by atoms with van der Waals surface area (Å²) in [6.45, 7) is 4.35. The van der Waals surface area contributed by atoms with Crippen molar-refractivity contribution in [1.29, 1.82) is 5.41 Å². The second-order valence-electron chi connectivity index (χ2n) is 6.65. The summed E-state index contributed by atoms with van der Waals surface area (Å²) in [7, 11) is 0. The molecule has 1 aliphatic rings. The monoisotopic (exact) mass is 395 g/mol. The van der Waals surface area contributed by atoms with Gasteiger partial charge in [0.25, 0.3) is 0 Å². The molecular formula is C21H18ClN3OS. The van der Waals surface area contributed by atoms with Gasteiger partial charge >= 0.3 is 0 Å². The number of anilines is 1. The molecule has 2 N–H and O–H groups in total. The molecule has 6 heteroatoms. The molecule has 0 unspecified atom stereocenters. The van der Waals surface area contributed by atoms with Crippen LogP contribution in [0.25, 0.3) is 16.8 Å². The third-order valence-corrected chi connectivity index (χ3v) is 5.59. The number of nitrogens with one attached hydrogen (secondary N) is 1. The van der Waals surface area contributed by atoms with Gasteiger partial charge in [0.05, 0.1) is 17.8 Å². The van der Waals surface area contributed by atoms with Crippen LogP contribution < -0.4 is 4.90 Å². The highest BCUT2D eigenvalue weighted by atomic mass is 35.5. The Kier molecular flexibility index (Phi) is 4.50. The molecular weight excluding hydrogens is 378 g/mol. The van der Waals surface area contributed by atoms with Crippen molar-refractivity contribution < 1.29 is 5.11 Å². The number of hydrogen-bond acceptors (Lipinski definition) is 4. The predicted molar refractivity (Wildman–Crippen MR) is 113 cm³/mol. The Labute approximate surface area is 166 Å². The van der Waals surface area contributed by atoms with Crippen molar-refractivity contribution in [1.82, 2.24) is 4.98 Å². The molecule has 0 amide bonds. The van der Waals surface area contributed by atoms with Crippen LogP contribution in [0, 0.1) is 19.3 Å². The van der Waals surface area contributed by atoms with E-state index >= 15 is 0 Å². The third kappa shape index (κ3) is 3.36. The molecule has 27 heavy (non-hydrogen) atoms. The number of nitrogens with zero attached hydrogens (tertiary/aromatic N) is 2. The van der Waals surface area contributed by atoms with E-state index < -0.39 is 0 Å². The molecule has 2 heterocycles. The number of benzene rings is 2. The van der Waals surface area contributed by atoms with E-state index in [0.29, 0.717) is 15.6 Å². The fraction of sp³-hybridized carbons (Fsp3) is 0.143. The first-order valence-corrected chi connectivity index (χ1v) is 9.77. The van der Waals surface area contributed by atoms with Crippen LogP contribution in [0.2, 0.25) is 5.02 Å². The van der Waals surface area contributed by atoms with Crippen molar-refractivity contribution in [3.8, 4) is 11.3 Å². The van der Waals surface area contributed by atoms with E-state index in [1.807, 2.05) is 60.5 Å². The van der Waals surface area contributed by atoms with E-state index in [-0.39, 0.29) is 18.1 Å². The quantitative estimate of drug-likeness (QED) is 0.585. The summed E-state index contributed by atoms with van der Waals surface area (Å²) >= 11 is 7.38. The predicted octanol–water partition coefficient (Wildman–Crippen LogP) is 5.85. The molecule has 136 valence electrons. The highest BCUT2D eigenvalue weighted by Crippen LogP contribution is 2.35. The Morgan fingerprint density at radius 1 is 1.11 bits per heavy atom. The number of aliphatic hydroxyl groups excluding tert-OH is 1. The van der Waals surface area contributed by atoms with Gasteiger partial charge in [-0.3, -0.25) is 5.41 Å². The van der Waals surface area contributed by atoms with E-state index in [2.05, 4.69) is 11.1 Å². The number of rotatable bonds is 3. The normalized spacial score (nSPS) is 14.3. The van der Waals surface area contributed by atoms with Gasteiger partial charge in [0.2, 0.25) is 0 Å². The average Bonchev–Trinajstić information content (AvgIpc) is 3.19. The van der Waals surface area contributed by atoms with Crippen molar-refractivity contribution in [3.63, 3.8) is 0 Å². The average molecular weight is 396 g/mol. The Balaban J connectivity index is 1.65. The molecule has 0 spiro atoms. The summed E-state index contributed by atoms with van der Waals surface area (Å²) in [6, 6.07) is 13.6. The molecule has 4 nitrogen and oxygen atoms in total. The molecule has 1 aliphatic heterocycles. The molecule has 3 aromatic rings. The van der Waals surface area contributed by atoms with Crippen LogP contribution in [0.1, 0.15) is 16.1 Å². The van der Waals surface area contributed by atoms with E-state index in [1.165, 1.54) is 11.3 Å². The Hall–Kier alpha value is -2.63. The Morgan fingerprint density at radius 2 is 1.78 bits per heavy atom. The number of aryl methyl sites for hydroxylation is 2. The van der Waals surface area contributed by atoms with Crippen molar-refractivity contribution >= 4 is 40.0 Å². The van der Waals surface area contributed by atoms with Crippen LogP contribution in [0.15, 0.2) is 53.6 Å². The largest absolute Gasteiger partial charge is 0.510 e. The zero-order valence-electron chi connectivity index (χ0n) is 15.0. The maximum absolute atomic E-state index is 10.5. The van der Waals surface area contributed by atoms with Gasteiger partial charge in [0.15, 0.2) is 0 Å². The standard InChI is InChI=1S/C21H18ClN3OS/c1-12-7-13(2)9-16(8-12)25-10-18(26)19(20(25)23)21-24-17(11-27-21)14-3-5-15(22)6-4-14/h3-9,11,23,26H,10H2,1-2H3. The first-order valence-electron chi connectivity index (χ1n) is 8.51. The molecule has 0 atom stereocenters. The van der Waals surface area contributed by atoms with Crippen molar-refractivity contribution in [2.45, 2.75) is 13.8 Å². The highest BCUT2D eigenvalue weighted by Gasteiger charge is 2.31. The lowest BCUT2D eigenvalue weighted by Gasteiger charge is -2.19. The summed E-state index contributed by atoms with van der Waals surface area (Å²) in [5.41, 5.74) is 5.44. The second kappa shape index (κ2) is 6.83. The highest BCUT2D eigenvalue weighted by molar-refractivity contribution is 7.11. The summed E-state index contributed by atoms with van der Waals surface area (Å²) in [5.74, 6) is 0.450. The van der Waals surface area contributed by atoms with Crippen LogP contribution >= 0.6 is 22.9 Å². The van der Waals surface area contributed by atoms with Gasteiger partial charge in [-0.1, -0.05) is 29.8 Å². The van der Waals surface area contributed by atoms with Crippen LogP contribution in [0.5, 0.6) is 0 Å². The van der Waals surface area contributed by atoms with Gasteiger partial charge in [-0.2, -0.15) is 0 Å². The molecule has 0 fully saturated rings. The lowest BCUT2D eigenvalue weighted by Crippen LogP contribution is -2.26. The topological polar surface area (TPSA) is 60.2 Å². The number of thiazole rings is 1. The molecule has 1 aromatic heterocycles. The molecule has 2 aromatic carbocycles. The number of aromatic nitrogens is 1. The maximum atomic E-state index is 10.5. The number of halogens is 1. The summed E-state index contributed by atoms with van der Waals surface area (Å²) in [6.07, 6.45) is 0. The van der Waals surface area contributed by atoms with Crippen LogP contribution in [-0.4, -0.2) is 22.5 Å². The minimum atomic E-state index is 0.177. The lowest BCUT2D eigenvalue weighted by atomic mass is 10.1. The van der Waals surface area contributed by atoms with Gasteiger partial charge in [-0.05, 0) is 49.2 Å². The molecule has 0 aliphatic carbocycles. The van der Waals surface area contributed by atoms with Gasteiger partial charge in [0.1, 0.15) is 16.6 Å². The molecule has 4 rings (SSSR count). The number of amidine groups is 1. The summed E-state index contributed by atoms with van der Waals surface area (Å²) < 4.78 is 0. The molecule has 0 saturated carbocycles. The first kappa shape index (κ1) is 17.8. The zero-order chi connectivity index (χ0) is 19.1. The number of hydrogen-bond donors (Lipinski definition) is 2. The van der Waals surface area contributed by atoms with Gasteiger partial charge in [0, 0.05) is 21.7 Å². The van der Waals surface area contributed by atoms with Gasteiger partial charge < -0.3 is 10.0 Å². The summed E-state index contributed by atoms with van der Waals surface area (Å²) in [5, 5.41) is 22.4. The second-order valence-corrected chi connectivity index (χ2v) is 7.94. The fourth-order valence-corrected chi connectivity index (χ4v) is 4.29. The van der Waals surface area contributed by atoms with E-state index in [1.54, 1.807) is 0 Å². The molecule has 0 bridgehead atoms. The van der Waals surface area contributed by atoms with E-state index in [0.717, 1.165) is 28.1 Å². The van der Waals surface area contributed by atoms with Crippen molar-refractivity contribution in [2.75, 3.05) is 11.4 Å². The van der Waals surface area contributed by atoms with Gasteiger partial charge in [-0.15, -0.1) is 11.3 Å². The minimum Gasteiger partial charge on any atom is -0.510 e. The van der Waals surface area contributed by atoms with Crippen LogP contribution in [0.4, 0.5) is 5.69 Å². The zero-order valence-corrected chi connectivity index (χ0v) is 16.5. The number of aliphatic hydroxyl groups is 1. The fourth-order valence-electron chi connectivity index (χ4n) is 3.27. The van der Waals surface area contributed by atoms with Crippen LogP contribution in [0.3, 0.4) is 0 Å². The Morgan fingerprint density at radius 3 is 2.44 bits per heavy atom. The molecule has 0 radical (unpaired) electrons. The van der Waals surface area contributed by atoms with Crippen molar-refractivity contribution in [3.05, 3.63) is 74.8 Å². The summed E-state index contributed by atoms with van der Waals surface area (Å²) in [4.78, 5) is 6.46. The first-order chi connectivity index (χ1) is 12.9. The van der Waals surface area contributed by atoms with Crippen LogP contribution in [-0.2, 0) is 0 Å². The maximum Gasteiger partial charge on any atom is 0.139 e. The third-order valence-electron chi connectivity index (χ3n) is 4.48. The van der Waals surface area contributed by atoms with E-state index in [4.69, 9.17) is 17.0 Å². The Bertz CT molecular complexity index is 1050. The molecule has 0 saturated heterocycles. The van der Waals surface area contributed by atoms with Gasteiger partial charge in [-0.25, -0.2) is 4.98 Å². The van der Waals surface area contributed by atoms with Crippen molar-refractivity contribution in [2.24, 2.45) is 0 Å². The van der Waals surface area contributed by atoms with E-state index in [9.17, 15) is 5.11 Å². The smallest absolute Gasteiger partial charge is 0.139 e. The lowest BCUT2D eigenvalue weighted by molar-refractivity contribution is 0.411. The SMILES string of the molecule is Cc1cc(C)cc(N2CC(O)=C(c3nc(-c4ccc(Cl)cc4)cs3)C2=N)c1. The minimum absolute atomic E-state index is 0.177.